The Hall–Kier alpha value is -4.67. The molecule has 0 saturated heterocycles. The van der Waals surface area contributed by atoms with E-state index in [-0.39, 0.29) is 43.0 Å². The first-order valence-electron chi connectivity index (χ1n) is 11.5. The van der Waals surface area contributed by atoms with E-state index in [2.05, 4.69) is 20.4 Å². The number of rotatable bonds is 9. The van der Waals surface area contributed by atoms with Crippen LogP contribution in [0, 0.1) is 5.92 Å². The monoisotopic (exact) mass is 488 g/mol. The Morgan fingerprint density at radius 3 is 2.47 bits per heavy atom. The zero-order valence-electron chi connectivity index (χ0n) is 20.1. The molecule has 0 fully saturated rings. The molecule has 1 amide bonds. The second-order valence-corrected chi connectivity index (χ2v) is 8.70. The zero-order valence-corrected chi connectivity index (χ0v) is 20.1. The Bertz CT molecular complexity index is 1430. The van der Waals surface area contributed by atoms with Crippen LogP contribution in [0.15, 0.2) is 76.8 Å². The number of anilines is 3. The highest BCUT2D eigenvalue weighted by Crippen LogP contribution is 2.20. The largest absolute Gasteiger partial charge is 0.383 e. The number of amides is 1. The summed E-state index contributed by atoms with van der Waals surface area (Å²) in [6.45, 7) is 4.20. The molecule has 0 bridgehead atoms. The number of H-pyrrole nitrogens is 1. The second kappa shape index (κ2) is 10.7. The van der Waals surface area contributed by atoms with Crippen molar-refractivity contribution in [3.05, 3.63) is 93.7 Å². The Labute approximate surface area is 207 Å². The van der Waals surface area contributed by atoms with Gasteiger partial charge in [0.05, 0.1) is 18.8 Å². The summed E-state index contributed by atoms with van der Waals surface area (Å²) in [7, 11) is 0. The normalized spacial score (nSPS) is 11.0. The van der Waals surface area contributed by atoms with E-state index in [1.165, 1.54) is 15.8 Å². The molecule has 36 heavy (non-hydrogen) atoms. The van der Waals surface area contributed by atoms with E-state index in [4.69, 9.17) is 5.73 Å². The predicted molar refractivity (Wildman–Crippen MR) is 138 cm³/mol. The molecule has 4 aromatic rings. The molecule has 0 aliphatic heterocycles. The van der Waals surface area contributed by atoms with Crippen molar-refractivity contribution in [1.29, 1.82) is 0 Å². The molecule has 0 aliphatic carbocycles. The van der Waals surface area contributed by atoms with Crippen molar-refractivity contribution < 1.29 is 4.79 Å². The van der Waals surface area contributed by atoms with Crippen molar-refractivity contribution in [1.82, 2.24) is 24.3 Å². The molecule has 186 valence electrons. The van der Waals surface area contributed by atoms with E-state index in [0.717, 1.165) is 11.3 Å². The maximum atomic E-state index is 13.3. The molecule has 0 unspecified atom stereocenters. The molecule has 0 aliphatic rings. The SMILES string of the molecule is CC(C)CN(C(=O)CNc1ccc(-n2cncn2)cc1)c1c(N)n(Cc2ccccc2)c(=O)[nH]c1=O. The van der Waals surface area contributed by atoms with Crippen LogP contribution in [0.1, 0.15) is 19.4 Å². The molecule has 0 atom stereocenters. The van der Waals surface area contributed by atoms with Crippen molar-refractivity contribution in [3.63, 3.8) is 0 Å². The number of carbonyl (C=O) groups excluding carboxylic acids is 1. The van der Waals surface area contributed by atoms with Gasteiger partial charge in [-0.2, -0.15) is 5.10 Å². The van der Waals surface area contributed by atoms with Crippen LogP contribution in [-0.4, -0.2) is 43.3 Å². The smallest absolute Gasteiger partial charge is 0.330 e. The van der Waals surface area contributed by atoms with E-state index in [1.807, 2.05) is 68.4 Å². The number of hydrogen-bond acceptors (Lipinski definition) is 7. The highest BCUT2D eigenvalue weighted by Gasteiger charge is 2.25. The molecule has 11 heteroatoms. The number of carbonyl (C=O) groups is 1. The lowest BCUT2D eigenvalue weighted by Gasteiger charge is -2.26. The summed E-state index contributed by atoms with van der Waals surface area (Å²) in [5.74, 6) is -0.367. The number of aromatic nitrogens is 5. The van der Waals surface area contributed by atoms with Gasteiger partial charge in [0.25, 0.3) is 5.56 Å². The zero-order chi connectivity index (χ0) is 25.7. The van der Waals surface area contributed by atoms with Gasteiger partial charge in [0, 0.05) is 12.2 Å². The lowest BCUT2D eigenvalue weighted by Crippen LogP contribution is -2.44. The van der Waals surface area contributed by atoms with Gasteiger partial charge in [-0.15, -0.1) is 0 Å². The van der Waals surface area contributed by atoms with Crippen LogP contribution in [0.2, 0.25) is 0 Å². The van der Waals surface area contributed by atoms with Crippen molar-refractivity contribution in [3.8, 4) is 5.69 Å². The number of aromatic amines is 1. The van der Waals surface area contributed by atoms with Gasteiger partial charge in [0.1, 0.15) is 18.5 Å². The molecule has 4 N–H and O–H groups in total. The Kier molecular flexibility index (Phi) is 7.28. The molecule has 2 heterocycles. The lowest BCUT2D eigenvalue weighted by molar-refractivity contribution is -0.117. The number of nitrogens with zero attached hydrogens (tertiary/aromatic N) is 5. The Balaban J connectivity index is 1.58. The summed E-state index contributed by atoms with van der Waals surface area (Å²) >= 11 is 0. The molecule has 0 radical (unpaired) electrons. The Morgan fingerprint density at radius 2 is 1.83 bits per heavy atom. The van der Waals surface area contributed by atoms with Crippen molar-refractivity contribution in [2.45, 2.75) is 20.4 Å². The third-order valence-electron chi connectivity index (χ3n) is 5.51. The number of nitrogens with two attached hydrogens (primary N) is 1. The summed E-state index contributed by atoms with van der Waals surface area (Å²) in [4.78, 5) is 46.3. The first kappa shape index (κ1) is 24.5. The van der Waals surface area contributed by atoms with E-state index in [0.29, 0.717) is 5.69 Å². The topological polar surface area (TPSA) is 144 Å². The average molecular weight is 489 g/mol. The fraction of sp³-hybridized carbons (Fsp3) is 0.240. The molecule has 4 rings (SSSR count). The fourth-order valence-corrected chi connectivity index (χ4v) is 3.79. The quantitative estimate of drug-likeness (QED) is 0.326. The van der Waals surface area contributed by atoms with Gasteiger partial charge < -0.3 is 16.0 Å². The lowest BCUT2D eigenvalue weighted by atomic mass is 10.2. The van der Waals surface area contributed by atoms with Gasteiger partial charge in [0.2, 0.25) is 5.91 Å². The van der Waals surface area contributed by atoms with Crippen LogP contribution in [0.4, 0.5) is 17.2 Å². The van der Waals surface area contributed by atoms with Gasteiger partial charge in [-0.3, -0.25) is 19.1 Å². The standard InChI is InChI=1S/C25H28N8O3/c1-17(2)13-31(21(34)12-28-19-8-10-20(11-9-19)33-16-27-15-29-33)22-23(26)32(25(36)30-24(22)35)14-18-6-4-3-5-7-18/h3-11,15-17,28H,12-14,26H2,1-2H3,(H,30,35,36). The molecular weight excluding hydrogens is 460 g/mol. The van der Waals surface area contributed by atoms with E-state index >= 15 is 0 Å². The van der Waals surface area contributed by atoms with Gasteiger partial charge in [0.15, 0.2) is 5.69 Å². The molecule has 11 nitrogen and oxygen atoms in total. The summed E-state index contributed by atoms with van der Waals surface area (Å²) < 4.78 is 2.89. The number of benzene rings is 2. The minimum atomic E-state index is -0.701. The molecule has 2 aromatic heterocycles. The minimum absolute atomic E-state index is 0.0347. The molecule has 2 aromatic carbocycles. The van der Waals surface area contributed by atoms with Crippen LogP contribution in [0.25, 0.3) is 5.69 Å². The van der Waals surface area contributed by atoms with Crippen LogP contribution in [0.3, 0.4) is 0 Å². The van der Waals surface area contributed by atoms with E-state index in [9.17, 15) is 14.4 Å². The highest BCUT2D eigenvalue weighted by molar-refractivity contribution is 5.98. The first-order valence-corrected chi connectivity index (χ1v) is 11.5. The summed E-state index contributed by atoms with van der Waals surface area (Å²) in [6, 6.07) is 16.6. The predicted octanol–water partition coefficient (Wildman–Crippen LogP) is 1.85. The van der Waals surface area contributed by atoms with E-state index in [1.54, 1.807) is 11.0 Å². The number of hydrogen-bond donors (Lipinski definition) is 3. The van der Waals surface area contributed by atoms with Gasteiger partial charge in [-0.05, 0) is 35.7 Å². The minimum Gasteiger partial charge on any atom is -0.383 e. The number of nitrogen functional groups attached to an aromatic ring is 1. The van der Waals surface area contributed by atoms with Crippen LogP contribution in [0.5, 0.6) is 0 Å². The van der Waals surface area contributed by atoms with Crippen molar-refractivity contribution >= 4 is 23.1 Å². The van der Waals surface area contributed by atoms with E-state index < -0.39 is 11.2 Å². The van der Waals surface area contributed by atoms with Crippen LogP contribution < -0.4 is 27.2 Å². The first-order chi connectivity index (χ1) is 17.3. The van der Waals surface area contributed by atoms with Gasteiger partial charge in [-0.1, -0.05) is 44.2 Å². The highest BCUT2D eigenvalue weighted by atomic mass is 16.2. The maximum absolute atomic E-state index is 13.3. The van der Waals surface area contributed by atoms with Crippen LogP contribution >= 0.6 is 0 Å². The average Bonchev–Trinajstić information content (AvgIpc) is 3.40. The summed E-state index contributed by atoms with van der Waals surface area (Å²) in [5.41, 5.74) is 7.34. The summed E-state index contributed by atoms with van der Waals surface area (Å²) in [6.07, 6.45) is 3.04. The number of nitrogens with one attached hydrogen (secondary N) is 2. The molecule has 0 saturated carbocycles. The van der Waals surface area contributed by atoms with Crippen molar-refractivity contribution in [2.24, 2.45) is 5.92 Å². The molecule has 0 spiro atoms. The third-order valence-corrected chi connectivity index (χ3v) is 5.51. The third kappa shape index (κ3) is 5.52. The van der Waals surface area contributed by atoms with Crippen molar-refractivity contribution in [2.75, 3.05) is 29.0 Å². The second-order valence-electron chi connectivity index (χ2n) is 8.70. The molecular formula is C25H28N8O3. The maximum Gasteiger partial charge on any atom is 0.330 e. The summed E-state index contributed by atoms with van der Waals surface area (Å²) in [5, 5.41) is 7.17. The van der Waals surface area contributed by atoms with Gasteiger partial charge >= 0.3 is 5.69 Å². The Morgan fingerprint density at radius 1 is 1.11 bits per heavy atom. The van der Waals surface area contributed by atoms with Crippen LogP contribution in [-0.2, 0) is 11.3 Å². The van der Waals surface area contributed by atoms with Gasteiger partial charge in [-0.25, -0.2) is 14.5 Å². The fourth-order valence-electron chi connectivity index (χ4n) is 3.79.